The van der Waals surface area contributed by atoms with Gasteiger partial charge in [-0.15, -0.1) is 0 Å². The van der Waals surface area contributed by atoms with E-state index in [1.54, 1.807) is 5.57 Å². The normalized spacial score (nSPS) is 24.7. The fourth-order valence-corrected chi connectivity index (χ4v) is 3.78. The molecular formula is C12H19IN4. The van der Waals surface area contributed by atoms with Crippen molar-refractivity contribution in [1.82, 2.24) is 17.8 Å². The van der Waals surface area contributed by atoms with Gasteiger partial charge in [-0.25, -0.2) is 0 Å². The summed E-state index contributed by atoms with van der Waals surface area (Å²) in [6.45, 7) is 3.40. The molecule has 0 N–H and O–H groups in total. The van der Waals surface area contributed by atoms with Gasteiger partial charge in [-0.3, -0.25) is 0 Å². The molecule has 0 aromatic rings. The average Bonchev–Trinajstić information content (AvgIpc) is 2.66. The molecule has 4 nitrogen and oxygen atoms in total. The van der Waals surface area contributed by atoms with Crippen LogP contribution in [-0.2, 0) is 0 Å². The van der Waals surface area contributed by atoms with Crippen LogP contribution in [0.1, 0.15) is 12.8 Å². The van der Waals surface area contributed by atoms with Crippen LogP contribution in [0.4, 0.5) is 0 Å². The molecule has 3 rings (SSSR count). The Kier molecular flexibility index (Phi) is 2.68. The molecule has 0 aliphatic carbocycles. The number of hydrogen-bond acceptors (Lipinski definition) is 4. The summed E-state index contributed by atoms with van der Waals surface area (Å²) in [5.74, 6) is 2.82. The minimum atomic E-state index is 1.11. The standard InChI is InChI=1S/C12H19IN4/c1-14-5-4-9-8-10-12(16(3)11(9)14)15(2)6-7-17(10)13/h4-8H2,1-3H3. The first-order valence-corrected chi connectivity index (χ1v) is 7.10. The fourth-order valence-electron chi connectivity index (χ4n) is 3.18. The van der Waals surface area contributed by atoms with Gasteiger partial charge in [-0.05, 0) is 12.0 Å². The van der Waals surface area contributed by atoms with Crippen molar-refractivity contribution in [3.8, 4) is 0 Å². The van der Waals surface area contributed by atoms with Crippen molar-refractivity contribution >= 4 is 22.9 Å². The van der Waals surface area contributed by atoms with Gasteiger partial charge < -0.3 is 17.8 Å². The summed E-state index contributed by atoms with van der Waals surface area (Å²) in [5.41, 5.74) is 3.08. The summed E-state index contributed by atoms with van der Waals surface area (Å²) in [6, 6.07) is 0. The van der Waals surface area contributed by atoms with Gasteiger partial charge in [-0.1, -0.05) is 0 Å². The molecule has 3 heterocycles. The fraction of sp³-hybridized carbons (Fsp3) is 0.667. The maximum atomic E-state index is 2.46. The minimum absolute atomic E-state index is 1.11. The molecule has 0 bridgehead atoms. The van der Waals surface area contributed by atoms with Crippen LogP contribution in [0, 0.1) is 0 Å². The molecule has 0 aromatic carbocycles. The highest BCUT2D eigenvalue weighted by atomic mass is 127. The Hall–Kier alpha value is -0.590. The first-order valence-electron chi connectivity index (χ1n) is 6.14. The Bertz CT molecular complexity index is 415. The van der Waals surface area contributed by atoms with Crippen LogP contribution < -0.4 is 0 Å². The van der Waals surface area contributed by atoms with Gasteiger partial charge in [0.1, 0.15) is 11.6 Å². The molecule has 94 valence electrons. The zero-order valence-corrected chi connectivity index (χ0v) is 12.9. The van der Waals surface area contributed by atoms with Crippen LogP contribution >= 0.6 is 22.9 Å². The molecule has 0 saturated heterocycles. The smallest absolute Gasteiger partial charge is 0.130 e. The van der Waals surface area contributed by atoms with Crippen molar-refractivity contribution in [3.63, 3.8) is 0 Å². The van der Waals surface area contributed by atoms with Gasteiger partial charge in [0.05, 0.1) is 28.6 Å². The van der Waals surface area contributed by atoms with Gasteiger partial charge in [0.2, 0.25) is 0 Å². The highest BCUT2D eigenvalue weighted by molar-refractivity contribution is 14.1. The average molecular weight is 346 g/mol. The quantitative estimate of drug-likeness (QED) is 0.488. The largest absolute Gasteiger partial charge is 0.361 e. The van der Waals surface area contributed by atoms with Crippen molar-refractivity contribution in [3.05, 3.63) is 22.9 Å². The van der Waals surface area contributed by atoms with E-state index in [0.717, 1.165) is 19.5 Å². The number of nitrogens with zero attached hydrogens (tertiary/aromatic N) is 4. The van der Waals surface area contributed by atoms with E-state index in [1.165, 1.54) is 30.3 Å². The second kappa shape index (κ2) is 3.96. The van der Waals surface area contributed by atoms with Crippen LogP contribution in [-0.4, -0.2) is 58.6 Å². The van der Waals surface area contributed by atoms with Crippen LogP contribution in [0.25, 0.3) is 0 Å². The van der Waals surface area contributed by atoms with Gasteiger partial charge in [0.15, 0.2) is 0 Å². The van der Waals surface area contributed by atoms with E-state index in [2.05, 4.69) is 61.8 Å². The minimum Gasteiger partial charge on any atom is -0.361 e. The molecule has 17 heavy (non-hydrogen) atoms. The van der Waals surface area contributed by atoms with Crippen molar-refractivity contribution in [2.45, 2.75) is 12.8 Å². The van der Waals surface area contributed by atoms with E-state index in [1.807, 2.05) is 0 Å². The molecule has 0 radical (unpaired) electrons. The molecule has 3 aliphatic rings. The molecule has 0 atom stereocenters. The molecule has 0 fully saturated rings. The predicted octanol–water partition coefficient (Wildman–Crippen LogP) is 1.64. The van der Waals surface area contributed by atoms with E-state index in [4.69, 9.17) is 0 Å². The Morgan fingerprint density at radius 1 is 0.941 bits per heavy atom. The summed E-state index contributed by atoms with van der Waals surface area (Å²) in [5, 5.41) is 0. The van der Waals surface area contributed by atoms with Crippen LogP contribution in [0.5, 0.6) is 0 Å². The zero-order valence-electron chi connectivity index (χ0n) is 10.7. The lowest BCUT2D eigenvalue weighted by Gasteiger charge is -2.44. The Morgan fingerprint density at radius 2 is 1.65 bits per heavy atom. The number of rotatable bonds is 0. The van der Waals surface area contributed by atoms with Gasteiger partial charge in [0.25, 0.3) is 0 Å². The summed E-state index contributed by atoms with van der Waals surface area (Å²) >= 11 is 2.46. The lowest BCUT2D eigenvalue weighted by atomic mass is 10.0. The second-order valence-corrected chi connectivity index (χ2v) is 6.28. The number of likely N-dealkylation sites (N-methyl/N-ethyl adjacent to an activating group) is 1. The summed E-state index contributed by atoms with van der Waals surface area (Å²) < 4.78 is 2.39. The van der Waals surface area contributed by atoms with Gasteiger partial charge in [-0.2, -0.15) is 0 Å². The van der Waals surface area contributed by atoms with Crippen molar-refractivity contribution < 1.29 is 0 Å². The third-order valence-electron chi connectivity index (χ3n) is 3.99. The molecule has 0 amide bonds. The van der Waals surface area contributed by atoms with E-state index >= 15 is 0 Å². The van der Waals surface area contributed by atoms with Crippen molar-refractivity contribution in [2.24, 2.45) is 0 Å². The zero-order chi connectivity index (χ0) is 12.2. The third kappa shape index (κ3) is 1.62. The highest BCUT2D eigenvalue weighted by Crippen LogP contribution is 2.40. The second-order valence-electron chi connectivity index (χ2n) is 5.11. The Morgan fingerprint density at radius 3 is 2.41 bits per heavy atom. The maximum Gasteiger partial charge on any atom is 0.130 e. The SMILES string of the molecule is CN1CCC2=C1N(C)C1=C(C2)N(I)CCN1C. The van der Waals surface area contributed by atoms with Crippen LogP contribution in [0.2, 0.25) is 0 Å². The molecule has 0 unspecified atom stereocenters. The summed E-state index contributed by atoms with van der Waals surface area (Å²) in [6.07, 6.45) is 2.35. The molecule has 0 aromatic heterocycles. The van der Waals surface area contributed by atoms with Crippen LogP contribution in [0.3, 0.4) is 0 Å². The number of hydrogen-bond donors (Lipinski definition) is 0. The van der Waals surface area contributed by atoms with E-state index < -0.39 is 0 Å². The van der Waals surface area contributed by atoms with Gasteiger partial charge >= 0.3 is 0 Å². The first-order chi connectivity index (χ1) is 8.09. The molecule has 0 spiro atoms. The number of allylic oxidation sites excluding steroid dienone is 1. The van der Waals surface area contributed by atoms with Crippen molar-refractivity contribution in [1.29, 1.82) is 0 Å². The van der Waals surface area contributed by atoms with E-state index in [9.17, 15) is 0 Å². The highest BCUT2D eigenvalue weighted by Gasteiger charge is 2.35. The molecular weight excluding hydrogens is 327 g/mol. The molecule has 3 aliphatic heterocycles. The Labute approximate surface area is 117 Å². The lowest BCUT2D eigenvalue weighted by Crippen LogP contribution is -2.45. The van der Waals surface area contributed by atoms with E-state index in [0.29, 0.717) is 0 Å². The Balaban J connectivity index is 2.02. The van der Waals surface area contributed by atoms with Gasteiger partial charge in [0, 0.05) is 47.2 Å². The van der Waals surface area contributed by atoms with Crippen molar-refractivity contribution in [2.75, 3.05) is 40.8 Å². The molecule has 0 saturated carbocycles. The maximum absolute atomic E-state index is 2.46. The number of halogens is 1. The first kappa shape index (κ1) is 11.5. The summed E-state index contributed by atoms with van der Waals surface area (Å²) in [4.78, 5) is 7.16. The summed E-state index contributed by atoms with van der Waals surface area (Å²) in [7, 11) is 6.61. The monoisotopic (exact) mass is 346 g/mol. The topological polar surface area (TPSA) is 13.0 Å². The third-order valence-corrected chi connectivity index (χ3v) is 5.05. The predicted molar refractivity (Wildman–Crippen MR) is 77.0 cm³/mol. The lowest BCUT2D eigenvalue weighted by molar-refractivity contribution is 0.211. The van der Waals surface area contributed by atoms with Crippen LogP contribution in [0.15, 0.2) is 22.9 Å². The van der Waals surface area contributed by atoms with E-state index in [-0.39, 0.29) is 0 Å². The molecule has 5 heteroatoms.